The van der Waals surface area contributed by atoms with Crippen molar-refractivity contribution in [1.29, 1.82) is 0 Å². The number of sulfonamides is 1. The summed E-state index contributed by atoms with van der Waals surface area (Å²) in [5.74, 6) is 0.0189. The van der Waals surface area contributed by atoms with Crippen LogP contribution in [-0.4, -0.2) is 24.0 Å². The Morgan fingerprint density at radius 2 is 1.58 bits per heavy atom. The molecule has 6 nitrogen and oxygen atoms in total. The van der Waals surface area contributed by atoms with Crippen LogP contribution in [0.3, 0.4) is 0 Å². The number of para-hydroxylation sites is 1. The minimum atomic E-state index is -4.25. The lowest BCUT2D eigenvalue weighted by Crippen LogP contribution is -2.17. The van der Waals surface area contributed by atoms with Crippen molar-refractivity contribution in [2.24, 2.45) is 0 Å². The lowest BCUT2D eigenvalue weighted by molar-refractivity contribution is 0.372. The number of nitrogens with one attached hydrogen (secondary N) is 1. The molecule has 0 fully saturated rings. The third-order valence-corrected chi connectivity index (χ3v) is 5.79. The third-order valence-electron chi connectivity index (χ3n) is 3.68. The third kappa shape index (κ3) is 9.42. The Kier molecular flexibility index (Phi) is 8.98. The SMILES string of the molecule is CCCCCCCCCS(=O)(=O)Nc1ccccc1CP(=O)(O)O. The summed E-state index contributed by atoms with van der Waals surface area (Å²) in [4.78, 5) is 18.2. The average Bonchev–Trinajstić information content (AvgIpc) is 2.46. The van der Waals surface area contributed by atoms with Crippen LogP contribution in [-0.2, 0) is 20.8 Å². The van der Waals surface area contributed by atoms with E-state index in [1.54, 1.807) is 12.1 Å². The zero-order chi connectivity index (χ0) is 18.1. The lowest BCUT2D eigenvalue weighted by Gasteiger charge is -2.13. The molecule has 24 heavy (non-hydrogen) atoms. The molecule has 8 heteroatoms. The maximum Gasteiger partial charge on any atom is 0.329 e. The second-order valence-corrected chi connectivity index (χ2v) is 9.51. The zero-order valence-corrected chi connectivity index (χ0v) is 15.9. The molecule has 138 valence electrons. The summed E-state index contributed by atoms with van der Waals surface area (Å²) in [6.45, 7) is 2.16. The van der Waals surface area contributed by atoms with E-state index in [1.165, 1.54) is 31.4 Å². The van der Waals surface area contributed by atoms with Crippen LogP contribution in [0.4, 0.5) is 5.69 Å². The maximum atomic E-state index is 12.1. The molecule has 0 aromatic heterocycles. The van der Waals surface area contributed by atoms with Crippen molar-refractivity contribution in [1.82, 2.24) is 0 Å². The Balaban J connectivity index is 2.51. The second-order valence-electron chi connectivity index (χ2n) is 6.02. The summed E-state index contributed by atoms with van der Waals surface area (Å²) in [5, 5.41) is 0. The maximum absolute atomic E-state index is 12.1. The van der Waals surface area contributed by atoms with Gasteiger partial charge in [0.25, 0.3) is 0 Å². The van der Waals surface area contributed by atoms with Crippen LogP contribution in [0.1, 0.15) is 57.4 Å². The number of hydrogen-bond acceptors (Lipinski definition) is 3. The molecule has 0 aliphatic rings. The molecule has 1 aromatic rings. The van der Waals surface area contributed by atoms with E-state index in [4.69, 9.17) is 9.79 Å². The number of anilines is 1. The van der Waals surface area contributed by atoms with E-state index < -0.39 is 23.8 Å². The van der Waals surface area contributed by atoms with Crippen molar-refractivity contribution < 1.29 is 22.8 Å². The van der Waals surface area contributed by atoms with Gasteiger partial charge in [0.15, 0.2) is 0 Å². The van der Waals surface area contributed by atoms with Crippen molar-refractivity contribution in [2.75, 3.05) is 10.5 Å². The first-order valence-corrected chi connectivity index (χ1v) is 11.8. The highest BCUT2D eigenvalue weighted by atomic mass is 32.2. The highest BCUT2D eigenvalue weighted by Gasteiger charge is 2.19. The van der Waals surface area contributed by atoms with Gasteiger partial charge in [-0.25, -0.2) is 8.42 Å². The molecule has 0 heterocycles. The summed E-state index contributed by atoms with van der Waals surface area (Å²) in [5.41, 5.74) is 0.540. The first-order valence-electron chi connectivity index (χ1n) is 8.36. The molecule has 0 atom stereocenters. The van der Waals surface area contributed by atoms with E-state index in [0.717, 1.165) is 19.3 Å². The first-order chi connectivity index (χ1) is 11.2. The predicted molar refractivity (Wildman–Crippen MR) is 97.6 cm³/mol. The summed E-state index contributed by atoms with van der Waals surface area (Å²) < 4.78 is 37.9. The van der Waals surface area contributed by atoms with Gasteiger partial charge in [-0.05, 0) is 18.1 Å². The number of unbranched alkanes of at least 4 members (excludes halogenated alkanes) is 6. The van der Waals surface area contributed by atoms with Crippen molar-refractivity contribution in [3.8, 4) is 0 Å². The van der Waals surface area contributed by atoms with Gasteiger partial charge in [0.1, 0.15) is 0 Å². The van der Waals surface area contributed by atoms with Gasteiger partial charge in [0.2, 0.25) is 10.0 Å². The highest BCUT2D eigenvalue weighted by Crippen LogP contribution is 2.41. The molecule has 0 saturated heterocycles. The summed E-state index contributed by atoms with van der Waals surface area (Å²) in [6, 6.07) is 6.30. The molecular weight excluding hydrogens is 349 g/mol. The lowest BCUT2D eigenvalue weighted by atomic mass is 10.1. The van der Waals surface area contributed by atoms with Crippen molar-refractivity contribution in [3.63, 3.8) is 0 Å². The molecule has 0 aliphatic carbocycles. The van der Waals surface area contributed by atoms with Gasteiger partial charge in [0.05, 0.1) is 17.6 Å². The monoisotopic (exact) mass is 377 g/mol. The standard InChI is InChI=1S/C16H28NO5PS/c1-2-3-4-5-6-7-10-13-24(21,22)17-16-12-9-8-11-15(16)14-23(18,19)20/h8-9,11-12,17H,2-7,10,13-14H2,1H3,(H2,18,19,20). The van der Waals surface area contributed by atoms with Crippen LogP contribution in [0.2, 0.25) is 0 Å². The van der Waals surface area contributed by atoms with E-state index in [0.29, 0.717) is 12.0 Å². The molecule has 0 unspecified atom stereocenters. The molecule has 0 spiro atoms. The first kappa shape index (κ1) is 21.2. The van der Waals surface area contributed by atoms with Crippen LogP contribution in [0.25, 0.3) is 0 Å². The quantitative estimate of drug-likeness (QED) is 0.379. The van der Waals surface area contributed by atoms with Gasteiger partial charge in [-0.1, -0.05) is 63.6 Å². The van der Waals surface area contributed by atoms with E-state index >= 15 is 0 Å². The minimum Gasteiger partial charge on any atom is -0.324 e. The summed E-state index contributed by atoms with van der Waals surface area (Å²) >= 11 is 0. The Bertz CT molecular complexity index is 642. The van der Waals surface area contributed by atoms with Gasteiger partial charge in [-0.2, -0.15) is 0 Å². The van der Waals surface area contributed by atoms with Gasteiger partial charge >= 0.3 is 7.60 Å². The van der Waals surface area contributed by atoms with Gasteiger partial charge in [-0.3, -0.25) is 9.29 Å². The molecule has 0 amide bonds. The number of rotatable bonds is 12. The Labute approximate surface area is 144 Å². The Hall–Kier alpha value is -0.880. The van der Waals surface area contributed by atoms with Crippen molar-refractivity contribution >= 4 is 23.3 Å². The largest absolute Gasteiger partial charge is 0.329 e. The second kappa shape index (κ2) is 10.2. The molecule has 0 radical (unpaired) electrons. The molecule has 3 N–H and O–H groups in total. The normalized spacial score (nSPS) is 12.3. The average molecular weight is 377 g/mol. The summed E-state index contributed by atoms with van der Waals surface area (Å²) in [6.07, 6.45) is 6.73. The van der Waals surface area contributed by atoms with E-state index in [2.05, 4.69) is 11.6 Å². The summed E-state index contributed by atoms with van der Waals surface area (Å²) in [7, 11) is -7.77. The van der Waals surface area contributed by atoms with Gasteiger partial charge < -0.3 is 9.79 Å². The van der Waals surface area contributed by atoms with Crippen molar-refractivity contribution in [3.05, 3.63) is 29.8 Å². The van der Waals surface area contributed by atoms with Gasteiger partial charge in [-0.15, -0.1) is 0 Å². The predicted octanol–water partition coefficient (Wildman–Crippen LogP) is 3.86. The Morgan fingerprint density at radius 3 is 2.21 bits per heavy atom. The fourth-order valence-corrected chi connectivity index (χ4v) is 4.39. The Morgan fingerprint density at radius 1 is 1.00 bits per heavy atom. The molecule has 1 rings (SSSR count). The van der Waals surface area contributed by atoms with Crippen LogP contribution >= 0.6 is 7.60 Å². The minimum absolute atomic E-state index is 0.0189. The topological polar surface area (TPSA) is 104 Å². The highest BCUT2D eigenvalue weighted by molar-refractivity contribution is 7.92. The van der Waals surface area contributed by atoms with E-state index in [-0.39, 0.29) is 11.4 Å². The van der Waals surface area contributed by atoms with Gasteiger partial charge in [0, 0.05) is 0 Å². The number of benzene rings is 1. The van der Waals surface area contributed by atoms with E-state index in [1.807, 2.05) is 0 Å². The molecule has 1 aromatic carbocycles. The van der Waals surface area contributed by atoms with Crippen LogP contribution in [0.15, 0.2) is 24.3 Å². The molecule has 0 aliphatic heterocycles. The zero-order valence-electron chi connectivity index (χ0n) is 14.1. The van der Waals surface area contributed by atoms with Crippen LogP contribution in [0, 0.1) is 0 Å². The van der Waals surface area contributed by atoms with Crippen LogP contribution in [0.5, 0.6) is 0 Å². The molecule has 0 saturated carbocycles. The fraction of sp³-hybridized carbons (Fsp3) is 0.625. The van der Waals surface area contributed by atoms with E-state index in [9.17, 15) is 13.0 Å². The number of hydrogen-bond donors (Lipinski definition) is 3. The molecular formula is C16H28NO5PS. The molecule has 0 bridgehead atoms. The van der Waals surface area contributed by atoms with Crippen molar-refractivity contribution in [2.45, 2.75) is 58.0 Å². The van der Waals surface area contributed by atoms with Crippen LogP contribution < -0.4 is 4.72 Å². The fourth-order valence-electron chi connectivity index (χ4n) is 2.45. The smallest absolute Gasteiger partial charge is 0.324 e.